The Morgan fingerprint density at radius 3 is 2.53 bits per heavy atom. The summed E-state index contributed by atoms with van der Waals surface area (Å²) in [5.41, 5.74) is 3.43. The zero-order chi connectivity index (χ0) is 21.3. The molecular weight excluding hydrogens is 376 g/mol. The van der Waals surface area contributed by atoms with Gasteiger partial charge in [0.15, 0.2) is 5.96 Å². The molecule has 0 bridgehead atoms. The van der Waals surface area contributed by atoms with Crippen molar-refractivity contribution >= 4 is 11.8 Å². The topological polar surface area (TPSA) is 73.6 Å². The fourth-order valence-electron chi connectivity index (χ4n) is 3.74. The predicted molar refractivity (Wildman–Crippen MR) is 123 cm³/mol. The molecule has 8 nitrogen and oxygen atoms in total. The summed E-state index contributed by atoms with van der Waals surface area (Å²) in [7, 11) is 1.80. The summed E-state index contributed by atoms with van der Waals surface area (Å²) in [5, 5.41) is 11.2. The summed E-state index contributed by atoms with van der Waals surface area (Å²) in [4.78, 5) is 13.8. The molecule has 0 atom stereocenters. The van der Waals surface area contributed by atoms with E-state index in [0.29, 0.717) is 6.54 Å². The van der Waals surface area contributed by atoms with Crippen molar-refractivity contribution in [3.8, 4) is 0 Å². The quantitative estimate of drug-likeness (QED) is 0.391. The first-order chi connectivity index (χ1) is 14.6. The van der Waals surface area contributed by atoms with Crippen molar-refractivity contribution in [3.05, 3.63) is 41.3 Å². The number of aromatic nitrogens is 3. The Kier molecular flexibility index (Phi) is 8.07. The molecule has 2 aromatic heterocycles. The van der Waals surface area contributed by atoms with Crippen LogP contribution in [0.4, 0.5) is 5.82 Å². The van der Waals surface area contributed by atoms with Crippen LogP contribution in [0.1, 0.15) is 30.3 Å². The third-order valence-corrected chi connectivity index (χ3v) is 5.58. The van der Waals surface area contributed by atoms with Crippen LogP contribution in [0.25, 0.3) is 0 Å². The largest absolute Gasteiger partial charge is 0.356 e. The van der Waals surface area contributed by atoms with E-state index in [-0.39, 0.29) is 0 Å². The first kappa shape index (κ1) is 22.1. The number of nitrogens with one attached hydrogen (secondary N) is 2. The second kappa shape index (κ2) is 11.0. The van der Waals surface area contributed by atoms with E-state index in [1.807, 2.05) is 13.1 Å². The molecule has 0 radical (unpaired) electrons. The fourth-order valence-corrected chi connectivity index (χ4v) is 3.74. The number of anilines is 1. The van der Waals surface area contributed by atoms with Gasteiger partial charge in [-0.3, -0.25) is 9.67 Å². The maximum atomic E-state index is 4.67. The van der Waals surface area contributed by atoms with E-state index < -0.39 is 0 Å². The number of hydrogen-bond acceptors (Lipinski definition) is 5. The lowest BCUT2D eigenvalue weighted by Crippen LogP contribution is -2.46. The van der Waals surface area contributed by atoms with E-state index in [9.17, 15) is 0 Å². The average Bonchev–Trinajstić information content (AvgIpc) is 3.10. The standard InChI is InChI=1S/C22H36N8/c1-5-28-11-13-29(14-12-28)21-8-7-20(16-25-21)17-26-22(23-4)24-9-6-10-30-19(3)15-18(2)27-30/h7-8,15-16H,5-6,9-14,17H2,1-4H3,(H2,23,24,26). The van der Waals surface area contributed by atoms with Crippen molar-refractivity contribution in [2.24, 2.45) is 4.99 Å². The van der Waals surface area contributed by atoms with Crippen LogP contribution in [0.3, 0.4) is 0 Å². The Hall–Kier alpha value is -2.61. The van der Waals surface area contributed by atoms with Gasteiger partial charge in [0.25, 0.3) is 0 Å². The Balaban J connectivity index is 1.38. The molecule has 2 aromatic rings. The minimum atomic E-state index is 0.702. The van der Waals surface area contributed by atoms with Crippen LogP contribution < -0.4 is 15.5 Å². The molecule has 1 saturated heterocycles. The molecule has 30 heavy (non-hydrogen) atoms. The number of piperazine rings is 1. The van der Waals surface area contributed by atoms with Crippen LogP contribution in [-0.2, 0) is 13.1 Å². The molecule has 164 valence electrons. The molecule has 0 aromatic carbocycles. The fraction of sp³-hybridized carbons (Fsp3) is 0.591. The number of hydrogen-bond donors (Lipinski definition) is 2. The van der Waals surface area contributed by atoms with Gasteiger partial charge < -0.3 is 20.4 Å². The van der Waals surface area contributed by atoms with Gasteiger partial charge >= 0.3 is 0 Å². The van der Waals surface area contributed by atoms with E-state index in [2.05, 4.69) is 72.2 Å². The molecule has 0 amide bonds. The van der Waals surface area contributed by atoms with Crippen molar-refractivity contribution in [2.45, 2.75) is 40.3 Å². The first-order valence-corrected chi connectivity index (χ1v) is 11.0. The summed E-state index contributed by atoms with van der Waals surface area (Å²) in [6.45, 7) is 14.3. The lowest BCUT2D eigenvalue weighted by Gasteiger charge is -2.34. The van der Waals surface area contributed by atoms with Crippen LogP contribution in [0.5, 0.6) is 0 Å². The maximum absolute atomic E-state index is 4.67. The number of aliphatic imine (C=N–C) groups is 1. The van der Waals surface area contributed by atoms with Crippen LogP contribution in [0.2, 0.25) is 0 Å². The van der Waals surface area contributed by atoms with E-state index in [4.69, 9.17) is 0 Å². The predicted octanol–water partition coefficient (Wildman–Crippen LogP) is 1.79. The molecule has 1 aliphatic heterocycles. The number of nitrogens with zero attached hydrogens (tertiary/aromatic N) is 6. The van der Waals surface area contributed by atoms with Gasteiger partial charge in [0.05, 0.1) is 5.69 Å². The molecule has 0 aliphatic carbocycles. The Bertz CT molecular complexity index is 803. The van der Waals surface area contributed by atoms with Gasteiger partial charge in [0.1, 0.15) is 5.82 Å². The van der Waals surface area contributed by atoms with E-state index in [0.717, 1.165) is 75.3 Å². The molecular formula is C22H36N8. The highest BCUT2D eigenvalue weighted by Crippen LogP contribution is 2.14. The minimum Gasteiger partial charge on any atom is -0.356 e. The smallest absolute Gasteiger partial charge is 0.191 e. The van der Waals surface area contributed by atoms with Crippen molar-refractivity contribution in [1.82, 2.24) is 30.3 Å². The Morgan fingerprint density at radius 1 is 1.13 bits per heavy atom. The van der Waals surface area contributed by atoms with E-state index in [1.165, 1.54) is 5.69 Å². The molecule has 1 fully saturated rings. The summed E-state index contributed by atoms with van der Waals surface area (Å²) >= 11 is 0. The SMILES string of the molecule is CCN1CCN(c2ccc(CNC(=NC)NCCCn3nc(C)cc3C)cn2)CC1. The monoisotopic (exact) mass is 412 g/mol. The number of aryl methyl sites for hydroxylation is 3. The Labute approximate surface area is 180 Å². The third-order valence-electron chi connectivity index (χ3n) is 5.58. The van der Waals surface area contributed by atoms with Crippen LogP contribution >= 0.6 is 0 Å². The van der Waals surface area contributed by atoms with Gasteiger partial charge in [-0.2, -0.15) is 5.10 Å². The van der Waals surface area contributed by atoms with Gasteiger partial charge in [-0.05, 0) is 44.5 Å². The summed E-state index contributed by atoms with van der Waals surface area (Å²) in [6.07, 6.45) is 2.95. The number of pyridine rings is 1. The van der Waals surface area contributed by atoms with Gasteiger partial charge in [-0.1, -0.05) is 13.0 Å². The van der Waals surface area contributed by atoms with Gasteiger partial charge in [0.2, 0.25) is 0 Å². The maximum Gasteiger partial charge on any atom is 0.191 e. The van der Waals surface area contributed by atoms with Crippen molar-refractivity contribution in [1.29, 1.82) is 0 Å². The van der Waals surface area contributed by atoms with Crippen LogP contribution in [0.15, 0.2) is 29.4 Å². The summed E-state index contributed by atoms with van der Waals surface area (Å²) in [5.74, 6) is 1.88. The summed E-state index contributed by atoms with van der Waals surface area (Å²) in [6, 6.07) is 6.39. The lowest BCUT2D eigenvalue weighted by atomic mass is 10.2. The highest BCUT2D eigenvalue weighted by atomic mass is 15.3. The van der Waals surface area contributed by atoms with E-state index >= 15 is 0 Å². The highest BCUT2D eigenvalue weighted by molar-refractivity contribution is 5.79. The highest BCUT2D eigenvalue weighted by Gasteiger charge is 2.16. The van der Waals surface area contributed by atoms with Crippen molar-refractivity contribution in [2.75, 3.05) is 51.2 Å². The number of likely N-dealkylation sites (N-methyl/N-ethyl adjacent to an activating group) is 1. The number of rotatable bonds is 8. The molecule has 3 rings (SSSR count). The van der Waals surface area contributed by atoms with Crippen molar-refractivity contribution in [3.63, 3.8) is 0 Å². The minimum absolute atomic E-state index is 0.702. The van der Waals surface area contributed by atoms with Crippen LogP contribution in [-0.4, -0.2) is 71.9 Å². The molecule has 0 saturated carbocycles. The second-order valence-corrected chi connectivity index (χ2v) is 7.80. The normalized spacial score (nSPS) is 15.5. The van der Waals surface area contributed by atoms with E-state index in [1.54, 1.807) is 7.05 Å². The molecule has 1 aliphatic rings. The molecule has 8 heteroatoms. The van der Waals surface area contributed by atoms with Crippen LogP contribution in [0, 0.1) is 13.8 Å². The average molecular weight is 413 g/mol. The van der Waals surface area contributed by atoms with Crippen molar-refractivity contribution < 1.29 is 0 Å². The first-order valence-electron chi connectivity index (χ1n) is 11.0. The molecule has 0 spiro atoms. The third kappa shape index (κ3) is 6.19. The second-order valence-electron chi connectivity index (χ2n) is 7.80. The zero-order valence-corrected chi connectivity index (χ0v) is 18.9. The summed E-state index contributed by atoms with van der Waals surface area (Å²) < 4.78 is 2.06. The zero-order valence-electron chi connectivity index (χ0n) is 18.9. The molecule has 2 N–H and O–H groups in total. The molecule has 0 unspecified atom stereocenters. The lowest BCUT2D eigenvalue weighted by molar-refractivity contribution is 0.270. The van der Waals surface area contributed by atoms with Gasteiger partial charge in [-0.25, -0.2) is 4.98 Å². The van der Waals surface area contributed by atoms with Gasteiger partial charge in [0, 0.05) is 64.8 Å². The molecule has 3 heterocycles. The Morgan fingerprint density at radius 2 is 1.93 bits per heavy atom. The number of guanidine groups is 1. The van der Waals surface area contributed by atoms with Gasteiger partial charge in [-0.15, -0.1) is 0 Å².